The maximum atomic E-state index is 11.9. The topological polar surface area (TPSA) is 17.1 Å². The smallest absolute Gasteiger partial charge is 0.168 e. The molecule has 4 heteroatoms. The maximum absolute atomic E-state index is 11.9. The minimum atomic E-state index is 0.195. The van der Waals surface area contributed by atoms with Gasteiger partial charge in [0.1, 0.15) is 0 Å². The lowest BCUT2D eigenvalue weighted by Crippen LogP contribution is -2.01. The van der Waals surface area contributed by atoms with Crippen LogP contribution >= 0.6 is 56.5 Å². The predicted molar refractivity (Wildman–Crippen MR) is 84.2 cm³/mol. The van der Waals surface area contributed by atoms with Crippen LogP contribution in [0.5, 0.6) is 0 Å². The third-order valence-corrected chi connectivity index (χ3v) is 4.68. The first-order valence-corrected chi connectivity index (χ1v) is 7.70. The van der Waals surface area contributed by atoms with Gasteiger partial charge in [-0.2, -0.15) is 0 Å². The molecule has 0 saturated heterocycles. The SMILES string of the molecule is O=C(Cc1ccc(I)cc1)c1csc(I)c1. The van der Waals surface area contributed by atoms with Gasteiger partial charge in [0.25, 0.3) is 0 Å². The minimum absolute atomic E-state index is 0.195. The summed E-state index contributed by atoms with van der Waals surface area (Å²) in [7, 11) is 0. The van der Waals surface area contributed by atoms with Crippen LogP contribution in [0.1, 0.15) is 15.9 Å². The van der Waals surface area contributed by atoms with E-state index in [0.29, 0.717) is 6.42 Å². The van der Waals surface area contributed by atoms with E-state index >= 15 is 0 Å². The second-order valence-electron chi connectivity index (χ2n) is 3.37. The van der Waals surface area contributed by atoms with Crippen molar-refractivity contribution in [3.05, 3.63) is 53.3 Å². The Morgan fingerprint density at radius 3 is 2.44 bits per heavy atom. The highest BCUT2D eigenvalue weighted by molar-refractivity contribution is 14.1. The summed E-state index contributed by atoms with van der Waals surface area (Å²) in [6.07, 6.45) is 0.490. The Labute approximate surface area is 126 Å². The zero-order chi connectivity index (χ0) is 11.5. The van der Waals surface area contributed by atoms with E-state index in [0.717, 1.165) is 14.0 Å². The number of thiophene rings is 1. The Morgan fingerprint density at radius 2 is 1.88 bits per heavy atom. The van der Waals surface area contributed by atoms with E-state index in [1.807, 2.05) is 35.7 Å². The van der Waals surface area contributed by atoms with Gasteiger partial charge in [-0.15, -0.1) is 11.3 Å². The van der Waals surface area contributed by atoms with Crippen LogP contribution in [0.25, 0.3) is 0 Å². The lowest BCUT2D eigenvalue weighted by atomic mass is 10.1. The van der Waals surface area contributed by atoms with E-state index in [2.05, 4.69) is 45.2 Å². The predicted octanol–water partition coefficient (Wildman–Crippen LogP) is 4.38. The molecule has 0 saturated carbocycles. The Balaban J connectivity index is 2.10. The van der Waals surface area contributed by atoms with Crippen molar-refractivity contribution in [3.8, 4) is 0 Å². The second-order valence-corrected chi connectivity index (χ2v) is 7.42. The summed E-state index contributed by atoms with van der Waals surface area (Å²) in [5, 5.41) is 1.93. The van der Waals surface area contributed by atoms with Crippen molar-refractivity contribution >= 4 is 62.3 Å². The number of hydrogen-bond donors (Lipinski definition) is 0. The highest BCUT2D eigenvalue weighted by atomic mass is 127. The summed E-state index contributed by atoms with van der Waals surface area (Å²) in [5.41, 5.74) is 1.90. The van der Waals surface area contributed by atoms with Gasteiger partial charge >= 0.3 is 0 Å². The number of rotatable bonds is 3. The first-order valence-electron chi connectivity index (χ1n) is 4.67. The molecule has 0 atom stereocenters. The van der Waals surface area contributed by atoms with E-state index in [-0.39, 0.29) is 5.78 Å². The Bertz CT molecular complexity index is 502. The number of carbonyl (C=O) groups excluding carboxylic acids is 1. The summed E-state index contributed by atoms with van der Waals surface area (Å²) in [5.74, 6) is 0.195. The molecule has 0 aliphatic heterocycles. The van der Waals surface area contributed by atoms with E-state index in [1.54, 1.807) is 11.3 Å². The molecule has 2 rings (SSSR count). The largest absolute Gasteiger partial charge is 0.294 e. The van der Waals surface area contributed by atoms with Crippen LogP contribution in [-0.4, -0.2) is 5.78 Å². The molecule has 0 aliphatic carbocycles. The summed E-state index contributed by atoms with van der Waals surface area (Å²) in [6, 6.07) is 10.0. The van der Waals surface area contributed by atoms with Crippen molar-refractivity contribution in [2.75, 3.05) is 0 Å². The van der Waals surface area contributed by atoms with Crippen LogP contribution in [0.2, 0.25) is 0 Å². The molecule has 1 aromatic heterocycles. The third kappa shape index (κ3) is 3.27. The highest BCUT2D eigenvalue weighted by Gasteiger charge is 2.08. The van der Waals surface area contributed by atoms with Crippen molar-refractivity contribution < 1.29 is 4.79 Å². The number of hydrogen-bond acceptors (Lipinski definition) is 2. The van der Waals surface area contributed by atoms with E-state index in [9.17, 15) is 4.79 Å². The highest BCUT2D eigenvalue weighted by Crippen LogP contribution is 2.18. The maximum Gasteiger partial charge on any atom is 0.168 e. The van der Waals surface area contributed by atoms with Gasteiger partial charge in [0, 0.05) is 20.9 Å². The van der Waals surface area contributed by atoms with Gasteiger partial charge in [-0.05, 0) is 68.9 Å². The van der Waals surface area contributed by atoms with E-state index in [1.165, 1.54) is 3.57 Å². The molecule has 0 fully saturated rings. The first kappa shape index (κ1) is 12.5. The fourth-order valence-electron chi connectivity index (χ4n) is 1.35. The summed E-state index contributed by atoms with van der Waals surface area (Å²) < 4.78 is 2.35. The standard InChI is InChI=1S/C12H8I2OS/c13-10-3-1-8(2-4-10)5-11(15)9-6-12(14)16-7-9/h1-4,6-7H,5H2. The molecule has 0 N–H and O–H groups in total. The molecule has 82 valence electrons. The van der Waals surface area contributed by atoms with Gasteiger partial charge in [0.05, 0.1) is 2.88 Å². The quantitative estimate of drug-likeness (QED) is 0.497. The van der Waals surface area contributed by atoms with Crippen LogP contribution in [-0.2, 0) is 6.42 Å². The van der Waals surface area contributed by atoms with Crippen molar-refractivity contribution in [2.45, 2.75) is 6.42 Å². The fraction of sp³-hybridized carbons (Fsp3) is 0.0833. The van der Waals surface area contributed by atoms with Gasteiger partial charge in [-0.3, -0.25) is 4.79 Å². The molecule has 0 amide bonds. The molecule has 0 aliphatic rings. The van der Waals surface area contributed by atoms with Crippen molar-refractivity contribution in [1.82, 2.24) is 0 Å². The Hall–Kier alpha value is 0.0500. The molecule has 1 heterocycles. The van der Waals surface area contributed by atoms with Gasteiger partial charge in [-0.1, -0.05) is 12.1 Å². The Kier molecular flexibility index (Phi) is 4.37. The molecule has 0 bridgehead atoms. The summed E-state index contributed by atoms with van der Waals surface area (Å²) in [4.78, 5) is 11.9. The first-order chi connectivity index (χ1) is 7.65. The van der Waals surface area contributed by atoms with Gasteiger partial charge in [0.15, 0.2) is 5.78 Å². The number of Topliss-reactive ketones (excluding diaryl/α,β-unsaturated/α-hetero) is 1. The van der Waals surface area contributed by atoms with Crippen molar-refractivity contribution in [2.24, 2.45) is 0 Å². The second kappa shape index (κ2) is 5.59. The van der Waals surface area contributed by atoms with Crippen LogP contribution in [0.3, 0.4) is 0 Å². The average molecular weight is 454 g/mol. The third-order valence-electron chi connectivity index (χ3n) is 2.17. The fourth-order valence-corrected chi connectivity index (χ4v) is 3.06. The number of halogens is 2. The van der Waals surface area contributed by atoms with Gasteiger partial charge in [0.2, 0.25) is 0 Å². The van der Waals surface area contributed by atoms with E-state index in [4.69, 9.17) is 0 Å². The van der Waals surface area contributed by atoms with Crippen LogP contribution in [0, 0.1) is 6.45 Å². The van der Waals surface area contributed by atoms with Gasteiger partial charge in [-0.25, -0.2) is 0 Å². The van der Waals surface area contributed by atoms with Crippen molar-refractivity contribution in [1.29, 1.82) is 0 Å². The van der Waals surface area contributed by atoms with E-state index < -0.39 is 0 Å². The van der Waals surface area contributed by atoms with Crippen LogP contribution < -0.4 is 0 Å². The zero-order valence-corrected chi connectivity index (χ0v) is 13.4. The summed E-state index contributed by atoms with van der Waals surface area (Å²) >= 11 is 6.11. The average Bonchev–Trinajstić information content (AvgIpc) is 2.68. The monoisotopic (exact) mass is 454 g/mol. The molecule has 16 heavy (non-hydrogen) atoms. The zero-order valence-electron chi connectivity index (χ0n) is 8.24. The Morgan fingerprint density at radius 1 is 1.19 bits per heavy atom. The normalized spacial score (nSPS) is 10.4. The van der Waals surface area contributed by atoms with Crippen molar-refractivity contribution in [3.63, 3.8) is 0 Å². The van der Waals surface area contributed by atoms with Gasteiger partial charge < -0.3 is 0 Å². The molecule has 1 nitrogen and oxygen atoms in total. The van der Waals surface area contributed by atoms with Crippen LogP contribution in [0.15, 0.2) is 35.7 Å². The summed E-state index contributed by atoms with van der Waals surface area (Å²) in [6.45, 7) is 0. The minimum Gasteiger partial charge on any atom is -0.294 e. The lowest BCUT2D eigenvalue weighted by Gasteiger charge is -1.99. The molecular weight excluding hydrogens is 446 g/mol. The van der Waals surface area contributed by atoms with Crippen LogP contribution in [0.4, 0.5) is 0 Å². The number of benzene rings is 1. The molecule has 2 aromatic rings. The lowest BCUT2D eigenvalue weighted by molar-refractivity contribution is 0.0993. The molecular formula is C12H8I2OS. The molecule has 1 aromatic carbocycles. The molecule has 0 spiro atoms. The molecule has 0 radical (unpaired) electrons. The molecule has 0 unspecified atom stereocenters. The number of carbonyl (C=O) groups is 1. The number of ketones is 1.